The van der Waals surface area contributed by atoms with Crippen LogP contribution < -0.4 is 5.32 Å². The van der Waals surface area contributed by atoms with Crippen LogP contribution in [0.4, 0.5) is 0 Å². The van der Waals surface area contributed by atoms with Gasteiger partial charge in [0.1, 0.15) is 5.76 Å². The Balaban J connectivity index is 1.63. The highest BCUT2D eigenvalue weighted by molar-refractivity contribution is 5.24. The number of aryl methyl sites for hydroxylation is 1. The maximum Gasteiger partial charge on any atom is 0.108 e. The highest BCUT2D eigenvalue weighted by Gasteiger charge is 2.35. The first-order valence-electron chi connectivity index (χ1n) is 7.13. The van der Waals surface area contributed by atoms with E-state index >= 15 is 0 Å². The Morgan fingerprint density at radius 3 is 3.00 bits per heavy atom. The van der Waals surface area contributed by atoms with Crippen LogP contribution >= 0.6 is 0 Å². The van der Waals surface area contributed by atoms with Crippen molar-refractivity contribution in [3.05, 3.63) is 23.7 Å². The first kappa shape index (κ1) is 11.3. The third kappa shape index (κ3) is 2.03. The van der Waals surface area contributed by atoms with Crippen molar-refractivity contribution in [2.45, 2.75) is 57.9 Å². The number of hydrogen-bond donors (Lipinski definition) is 1. The van der Waals surface area contributed by atoms with Gasteiger partial charge in [-0.15, -0.1) is 0 Å². The Hall–Kier alpha value is -0.760. The van der Waals surface area contributed by atoms with Gasteiger partial charge in [-0.05, 0) is 43.6 Å². The molecule has 0 spiro atoms. The first-order valence-corrected chi connectivity index (χ1v) is 7.13. The highest BCUT2D eigenvalue weighted by Crippen LogP contribution is 2.44. The minimum absolute atomic E-state index is 0.543. The summed E-state index contributed by atoms with van der Waals surface area (Å²) in [4.78, 5) is 0. The standard InChI is InChI=1S/C15H23NO/c1-2-15(8-4-9-15)11-16-13-5-3-6-14-12(13)7-10-17-14/h7,10,13,16H,2-6,8-9,11H2,1H3. The molecule has 17 heavy (non-hydrogen) atoms. The van der Waals surface area contributed by atoms with Crippen molar-refractivity contribution < 1.29 is 4.42 Å². The molecule has 0 bridgehead atoms. The van der Waals surface area contributed by atoms with E-state index in [2.05, 4.69) is 18.3 Å². The average Bonchev–Trinajstić information content (AvgIpc) is 2.77. The van der Waals surface area contributed by atoms with E-state index in [1.54, 1.807) is 0 Å². The van der Waals surface area contributed by atoms with Gasteiger partial charge in [0.15, 0.2) is 0 Å². The molecule has 1 aromatic rings. The van der Waals surface area contributed by atoms with Crippen LogP contribution in [0.1, 0.15) is 62.8 Å². The van der Waals surface area contributed by atoms with Gasteiger partial charge in [-0.3, -0.25) is 0 Å². The quantitative estimate of drug-likeness (QED) is 0.855. The van der Waals surface area contributed by atoms with E-state index in [1.807, 2.05) is 6.26 Å². The zero-order chi connectivity index (χ0) is 11.7. The van der Waals surface area contributed by atoms with Crippen molar-refractivity contribution in [1.29, 1.82) is 0 Å². The predicted molar refractivity (Wildman–Crippen MR) is 69.0 cm³/mol. The number of hydrogen-bond acceptors (Lipinski definition) is 2. The van der Waals surface area contributed by atoms with E-state index in [1.165, 1.54) is 56.4 Å². The average molecular weight is 233 g/mol. The topological polar surface area (TPSA) is 25.2 Å². The molecular weight excluding hydrogens is 210 g/mol. The Bertz CT molecular complexity index is 373. The van der Waals surface area contributed by atoms with Crippen LogP contribution in [0.3, 0.4) is 0 Å². The largest absolute Gasteiger partial charge is 0.469 e. The molecule has 2 heteroatoms. The van der Waals surface area contributed by atoms with E-state index in [0.717, 1.165) is 6.42 Å². The summed E-state index contributed by atoms with van der Waals surface area (Å²) in [6.07, 6.45) is 11.1. The molecule has 0 amide bonds. The minimum Gasteiger partial charge on any atom is -0.469 e. The normalized spacial score (nSPS) is 26.3. The van der Waals surface area contributed by atoms with Crippen LogP contribution in [0, 0.1) is 5.41 Å². The summed E-state index contributed by atoms with van der Waals surface area (Å²) in [5, 5.41) is 3.80. The molecule has 2 aliphatic carbocycles. The van der Waals surface area contributed by atoms with E-state index in [9.17, 15) is 0 Å². The van der Waals surface area contributed by atoms with Gasteiger partial charge in [0, 0.05) is 24.6 Å². The third-order valence-electron chi connectivity index (χ3n) is 4.94. The Kier molecular flexibility index (Phi) is 2.99. The summed E-state index contributed by atoms with van der Waals surface area (Å²) in [7, 11) is 0. The van der Waals surface area contributed by atoms with Gasteiger partial charge >= 0.3 is 0 Å². The second kappa shape index (κ2) is 4.49. The monoisotopic (exact) mass is 233 g/mol. The number of nitrogens with one attached hydrogen (secondary N) is 1. The van der Waals surface area contributed by atoms with Gasteiger partial charge in [0.2, 0.25) is 0 Å². The van der Waals surface area contributed by atoms with E-state index in [-0.39, 0.29) is 0 Å². The highest BCUT2D eigenvalue weighted by atomic mass is 16.3. The van der Waals surface area contributed by atoms with Crippen LogP contribution in [-0.4, -0.2) is 6.54 Å². The van der Waals surface area contributed by atoms with Crippen LogP contribution in [0.2, 0.25) is 0 Å². The smallest absolute Gasteiger partial charge is 0.108 e. The van der Waals surface area contributed by atoms with Gasteiger partial charge in [-0.2, -0.15) is 0 Å². The fourth-order valence-electron chi connectivity index (χ4n) is 3.37. The minimum atomic E-state index is 0.543. The van der Waals surface area contributed by atoms with Crippen LogP contribution in [0.5, 0.6) is 0 Å². The van der Waals surface area contributed by atoms with Gasteiger partial charge in [0.25, 0.3) is 0 Å². The van der Waals surface area contributed by atoms with E-state index < -0.39 is 0 Å². The molecule has 1 saturated carbocycles. The van der Waals surface area contributed by atoms with Crippen LogP contribution in [0.15, 0.2) is 16.7 Å². The third-order valence-corrected chi connectivity index (χ3v) is 4.94. The summed E-state index contributed by atoms with van der Waals surface area (Å²) in [5.41, 5.74) is 2.03. The zero-order valence-electron chi connectivity index (χ0n) is 10.8. The molecule has 0 aliphatic heterocycles. The van der Waals surface area contributed by atoms with Crippen molar-refractivity contribution in [1.82, 2.24) is 5.32 Å². The molecule has 94 valence electrons. The first-order chi connectivity index (χ1) is 8.33. The second-order valence-electron chi connectivity index (χ2n) is 5.83. The lowest BCUT2D eigenvalue weighted by Crippen LogP contribution is -2.41. The van der Waals surface area contributed by atoms with Crippen molar-refractivity contribution in [3.8, 4) is 0 Å². The maximum absolute atomic E-state index is 5.54. The number of rotatable bonds is 4. The predicted octanol–water partition coefficient (Wildman–Crippen LogP) is 3.83. The molecule has 1 aromatic heterocycles. The molecular formula is C15H23NO. The Morgan fingerprint density at radius 1 is 1.41 bits per heavy atom. The maximum atomic E-state index is 5.54. The Morgan fingerprint density at radius 2 is 2.29 bits per heavy atom. The van der Waals surface area contributed by atoms with Gasteiger partial charge in [-0.1, -0.05) is 13.3 Å². The van der Waals surface area contributed by atoms with Crippen molar-refractivity contribution in [2.24, 2.45) is 5.41 Å². The zero-order valence-corrected chi connectivity index (χ0v) is 10.8. The summed E-state index contributed by atoms with van der Waals surface area (Å²) in [6, 6.07) is 2.70. The molecule has 2 nitrogen and oxygen atoms in total. The Labute approximate surface area is 104 Å². The van der Waals surface area contributed by atoms with E-state index in [0.29, 0.717) is 11.5 Å². The van der Waals surface area contributed by atoms with Crippen LogP contribution in [0.25, 0.3) is 0 Å². The van der Waals surface area contributed by atoms with Gasteiger partial charge < -0.3 is 9.73 Å². The summed E-state index contributed by atoms with van der Waals surface area (Å²) >= 11 is 0. The molecule has 2 aliphatic rings. The molecule has 0 aromatic carbocycles. The summed E-state index contributed by atoms with van der Waals surface area (Å²) < 4.78 is 5.54. The summed E-state index contributed by atoms with van der Waals surface area (Å²) in [5.74, 6) is 1.22. The molecule has 1 fully saturated rings. The summed E-state index contributed by atoms with van der Waals surface area (Å²) in [6.45, 7) is 3.53. The number of fused-ring (bicyclic) bond motifs is 1. The van der Waals surface area contributed by atoms with Crippen molar-refractivity contribution in [2.75, 3.05) is 6.54 Å². The van der Waals surface area contributed by atoms with Gasteiger partial charge in [-0.25, -0.2) is 0 Å². The van der Waals surface area contributed by atoms with Crippen LogP contribution in [-0.2, 0) is 6.42 Å². The lowest BCUT2D eigenvalue weighted by atomic mass is 9.67. The van der Waals surface area contributed by atoms with Crippen molar-refractivity contribution >= 4 is 0 Å². The lowest BCUT2D eigenvalue weighted by molar-refractivity contribution is 0.117. The molecule has 1 atom stereocenters. The fourth-order valence-corrected chi connectivity index (χ4v) is 3.37. The molecule has 3 rings (SSSR count). The molecule has 1 N–H and O–H groups in total. The van der Waals surface area contributed by atoms with Crippen molar-refractivity contribution in [3.63, 3.8) is 0 Å². The number of furan rings is 1. The van der Waals surface area contributed by atoms with E-state index in [4.69, 9.17) is 4.42 Å². The second-order valence-corrected chi connectivity index (χ2v) is 5.83. The lowest BCUT2D eigenvalue weighted by Gasteiger charge is -2.42. The molecule has 1 heterocycles. The molecule has 1 unspecified atom stereocenters. The fraction of sp³-hybridized carbons (Fsp3) is 0.733. The SMILES string of the molecule is CCC1(CNC2CCCc3occc32)CCC1. The molecule has 0 radical (unpaired) electrons. The molecule has 0 saturated heterocycles. The van der Waals surface area contributed by atoms with Gasteiger partial charge in [0.05, 0.1) is 6.26 Å².